The number of carbonyl (C=O) groups is 3. The molecule has 2 bridgehead atoms. The van der Waals surface area contributed by atoms with E-state index in [1.54, 1.807) is 11.8 Å². The van der Waals surface area contributed by atoms with Crippen LogP contribution in [0, 0.1) is 5.92 Å². The highest BCUT2D eigenvalue weighted by Gasteiger charge is 2.31. The number of thioether (sulfide) groups is 1. The molecule has 0 spiro atoms. The van der Waals surface area contributed by atoms with Gasteiger partial charge in [0.15, 0.2) is 6.40 Å². The van der Waals surface area contributed by atoms with E-state index in [9.17, 15) is 14.4 Å². The number of esters is 1. The highest BCUT2D eigenvalue weighted by Crippen LogP contribution is 2.16. The molecule has 34 heavy (non-hydrogen) atoms. The third kappa shape index (κ3) is 8.93. The van der Waals surface area contributed by atoms with E-state index in [1.165, 1.54) is 21.6 Å². The highest BCUT2D eigenvalue weighted by atomic mass is 32.2. The van der Waals surface area contributed by atoms with Crippen LogP contribution in [0.5, 0.6) is 5.75 Å². The molecule has 11 heteroatoms. The second-order valence-corrected chi connectivity index (χ2v) is 9.45. The van der Waals surface area contributed by atoms with Gasteiger partial charge in [-0.05, 0) is 42.2 Å². The topological polar surface area (TPSA) is 115 Å². The first-order valence-electron chi connectivity index (χ1n) is 11.4. The zero-order valence-electron chi connectivity index (χ0n) is 20.2. The molecule has 0 fully saturated rings. The fraction of sp³-hybridized carbons (Fsp3) is 0.565. The smallest absolute Gasteiger partial charge is 0.329 e. The molecule has 0 radical (unpaired) electrons. The van der Waals surface area contributed by atoms with Crippen molar-refractivity contribution in [2.45, 2.75) is 51.2 Å². The molecule has 0 aromatic heterocycles. The number of ether oxygens (including phenoxy) is 2. The summed E-state index contributed by atoms with van der Waals surface area (Å²) in [4.78, 5) is 42.7. The first-order chi connectivity index (χ1) is 16.3. The van der Waals surface area contributed by atoms with Crippen LogP contribution in [0.1, 0.15) is 32.3 Å². The summed E-state index contributed by atoms with van der Waals surface area (Å²) in [6, 6.07) is 5.09. The molecule has 9 nitrogen and oxygen atoms in total. The lowest BCUT2D eigenvalue weighted by Gasteiger charge is -2.25. The van der Waals surface area contributed by atoms with Gasteiger partial charge in [-0.25, -0.2) is 9.79 Å². The van der Waals surface area contributed by atoms with E-state index in [-0.39, 0.29) is 5.92 Å². The number of nitrogens with one attached hydrogen (secondary N) is 2. The van der Waals surface area contributed by atoms with Crippen molar-refractivity contribution in [3.63, 3.8) is 0 Å². The fourth-order valence-corrected chi connectivity index (χ4v) is 4.38. The first-order valence-corrected chi connectivity index (χ1v) is 12.5. The number of carbonyl (C=O) groups excluding carboxylic acids is 3. The SMILES string of the molecule is BOC=N[C@H]1Cc2ccc(cc2)OCCCCSC[C@@H](C(=O)OC)NC(=O)[C@H](C(C)C)NC1=O. The molecule has 2 aliphatic heterocycles. The molecule has 2 N–H and O–H groups in total. The van der Waals surface area contributed by atoms with E-state index in [4.69, 9.17) is 14.1 Å². The van der Waals surface area contributed by atoms with Crippen LogP contribution >= 0.6 is 11.8 Å². The molecule has 0 aliphatic carbocycles. The average Bonchev–Trinajstić information content (AvgIpc) is 2.83. The zero-order valence-corrected chi connectivity index (χ0v) is 21.1. The Hall–Kier alpha value is -2.69. The number of aliphatic imine (C=N–C) groups is 1. The van der Waals surface area contributed by atoms with E-state index in [0.29, 0.717) is 18.8 Å². The lowest BCUT2D eigenvalue weighted by molar-refractivity contribution is -0.144. The molecular weight excluding hydrogens is 457 g/mol. The molecule has 2 heterocycles. The van der Waals surface area contributed by atoms with Crippen LogP contribution in [0.25, 0.3) is 0 Å². The summed E-state index contributed by atoms with van der Waals surface area (Å²) in [5.74, 6) is 0.361. The number of amides is 2. The van der Waals surface area contributed by atoms with Crippen molar-refractivity contribution < 1.29 is 28.5 Å². The van der Waals surface area contributed by atoms with Crippen LogP contribution in [-0.4, -0.2) is 75.6 Å². The molecule has 186 valence electrons. The number of hydrogen-bond acceptors (Lipinski definition) is 8. The van der Waals surface area contributed by atoms with Crippen LogP contribution in [0.4, 0.5) is 0 Å². The summed E-state index contributed by atoms with van der Waals surface area (Å²) in [7, 11) is 2.74. The van der Waals surface area contributed by atoms with Crippen molar-refractivity contribution in [2.24, 2.45) is 10.9 Å². The molecule has 2 amide bonds. The van der Waals surface area contributed by atoms with E-state index in [2.05, 4.69) is 15.6 Å². The largest absolute Gasteiger partial charge is 0.560 e. The standard InChI is InChI=1S/C23H34BN3O6S/c1-15(2)20-22(29)26-19(23(30)31-3)13-34-11-5-4-10-32-17-8-6-16(7-9-17)12-18(21(28)27-20)25-14-33-24/h6-9,14-15,18-20H,4-5,10-13,24H2,1-3H3,(H,26,29)(H,27,28)/t18-,19-,20-/m0/s1. The summed E-state index contributed by atoms with van der Waals surface area (Å²) in [6.45, 7) is 4.23. The lowest BCUT2D eigenvalue weighted by Crippen LogP contribution is -2.56. The maximum atomic E-state index is 13.1. The number of benzene rings is 1. The quantitative estimate of drug-likeness (QED) is 0.278. The molecule has 0 saturated carbocycles. The van der Waals surface area contributed by atoms with Crippen molar-refractivity contribution in [3.05, 3.63) is 29.8 Å². The number of hydrogen-bond donors (Lipinski definition) is 2. The van der Waals surface area contributed by atoms with Crippen molar-refractivity contribution in [2.75, 3.05) is 25.2 Å². The minimum Gasteiger partial charge on any atom is -0.560 e. The lowest BCUT2D eigenvalue weighted by atomic mass is 10.0. The predicted octanol–water partition coefficient (Wildman–Crippen LogP) is 0.895. The van der Waals surface area contributed by atoms with Gasteiger partial charge in [-0.15, -0.1) is 0 Å². The molecule has 3 atom stereocenters. The molecule has 0 saturated heterocycles. The van der Waals surface area contributed by atoms with E-state index < -0.39 is 35.9 Å². The number of nitrogens with zero attached hydrogens (tertiary/aromatic N) is 1. The average molecular weight is 491 g/mol. The Labute approximate surface area is 206 Å². The summed E-state index contributed by atoms with van der Waals surface area (Å²) in [5.41, 5.74) is 0.895. The summed E-state index contributed by atoms with van der Waals surface area (Å²) in [5, 5.41) is 5.55. The fourth-order valence-electron chi connectivity index (χ4n) is 3.35. The summed E-state index contributed by atoms with van der Waals surface area (Å²) >= 11 is 1.56. The van der Waals surface area contributed by atoms with Gasteiger partial charge in [0.1, 0.15) is 23.9 Å². The molecule has 0 unspecified atom stereocenters. The molecular formula is C23H34BN3O6S. The van der Waals surface area contributed by atoms with Crippen molar-refractivity contribution in [1.82, 2.24) is 10.6 Å². The van der Waals surface area contributed by atoms with Crippen molar-refractivity contribution in [3.8, 4) is 5.75 Å². The Kier molecular flexibility index (Phi) is 11.8. The van der Waals surface area contributed by atoms with Gasteiger partial charge in [0.05, 0.1) is 13.7 Å². The minimum atomic E-state index is -0.845. The number of methoxy groups -OCH3 is 1. The normalized spacial score (nSPS) is 23.2. The van der Waals surface area contributed by atoms with Gasteiger partial charge in [-0.2, -0.15) is 11.8 Å². The van der Waals surface area contributed by atoms with Gasteiger partial charge in [0.2, 0.25) is 11.8 Å². The molecule has 1 aromatic rings. The Bertz CT molecular complexity index is 836. The van der Waals surface area contributed by atoms with Crippen LogP contribution in [0.2, 0.25) is 0 Å². The van der Waals surface area contributed by atoms with E-state index >= 15 is 0 Å². The zero-order chi connectivity index (χ0) is 24.9. The van der Waals surface area contributed by atoms with Crippen LogP contribution in [-0.2, 0) is 30.2 Å². The summed E-state index contributed by atoms with van der Waals surface area (Å²) < 4.78 is 15.6. The first kappa shape index (κ1) is 27.6. The second-order valence-electron chi connectivity index (χ2n) is 8.30. The Morgan fingerprint density at radius 1 is 1.21 bits per heavy atom. The van der Waals surface area contributed by atoms with Crippen LogP contribution < -0.4 is 15.4 Å². The van der Waals surface area contributed by atoms with Gasteiger partial charge >= 0.3 is 14.0 Å². The van der Waals surface area contributed by atoms with Crippen LogP contribution in [0.3, 0.4) is 0 Å². The third-order valence-electron chi connectivity index (χ3n) is 5.29. The molecule has 2 aliphatic rings. The van der Waals surface area contributed by atoms with Gasteiger partial charge in [-0.1, -0.05) is 26.0 Å². The van der Waals surface area contributed by atoms with E-state index in [1.807, 2.05) is 38.1 Å². The van der Waals surface area contributed by atoms with E-state index in [0.717, 1.165) is 29.9 Å². The monoisotopic (exact) mass is 491 g/mol. The maximum absolute atomic E-state index is 13.1. The van der Waals surface area contributed by atoms with Gasteiger partial charge < -0.3 is 24.8 Å². The summed E-state index contributed by atoms with van der Waals surface area (Å²) in [6.07, 6.45) is 3.31. The van der Waals surface area contributed by atoms with Gasteiger partial charge in [0, 0.05) is 12.2 Å². The third-order valence-corrected chi connectivity index (χ3v) is 6.43. The van der Waals surface area contributed by atoms with Gasteiger partial charge in [-0.3, -0.25) is 9.59 Å². The highest BCUT2D eigenvalue weighted by molar-refractivity contribution is 7.99. The van der Waals surface area contributed by atoms with Crippen molar-refractivity contribution in [1.29, 1.82) is 0 Å². The van der Waals surface area contributed by atoms with Crippen molar-refractivity contribution >= 4 is 44.0 Å². The second kappa shape index (κ2) is 14.5. The predicted molar refractivity (Wildman–Crippen MR) is 135 cm³/mol. The minimum absolute atomic E-state index is 0.215. The van der Waals surface area contributed by atoms with Crippen LogP contribution in [0.15, 0.2) is 29.3 Å². The van der Waals surface area contributed by atoms with Gasteiger partial charge in [0.25, 0.3) is 0 Å². The molecule has 1 aromatic carbocycles. The Morgan fingerprint density at radius 2 is 1.94 bits per heavy atom. The Balaban J connectivity index is 2.28. The maximum Gasteiger partial charge on any atom is 0.329 e. The number of fused-ring (bicyclic) bond motifs is 16. The number of rotatable bonds is 4. The molecule has 3 rings (SSSR count). The Morgan fingerprint density at radius 3 is 2.59 bits per heavy atom.